The molecular weight excluding hydrogens is 398 g/mol. The smallest absolute Gasteiger partial charge is 0.291 e. The Morgan fingerprint density at radius 3 is 2.52 bits per heavy atom. The second kappa shape index (κ2) is 10.2. The van der Waals surface area contributed by atoms with Gasteiger partial charge >= 0.3 is 0 Å². The van der Waals surface area contributed by atoms with Crippen LogP contribution >= 0.6 is 12.4 Å². The largest absolute Gasteiger partial charge is 0.493 e. The first-order valence-corrected chi connectivity index (χ1v) is 9.16. The number of carbonyl (C=O) groups is 2. The molecule has 2 unspecified atom stereocenters. The Hall–Kier alpha value is -2.71. The maximum Gasteiger partial charge on any atom is 0.291 e. The molecule has 3 N–H and O–H groups in total. The van der Waals surface area contributed by atoms with Crippen LogP contribution in [0.2, 0.25) is 0 Å². The average molecular weight is 424 g/mol. The van der Waals surface area contributed by atoms with Crippen molar-refractivity contribution in [1.29, 1.82) is 0 Å². The number of halogens is 1. The molecule has 0 aliphatic carbocycles. The van der Waals surface area contributed by atoms with Crippen molar-refractivity contribution in [3.63, 3.8) is 0 Å². The predicted molar refractivity (Wildman–Crippen MR) is 111 cm³/mol. The Bertz CT molecular complexity index is 841. The minimum atomic E-state index is -0.459. The van der Waals surface area contributed by atoms with Gasteiger partial charge in [0.05, 0.1) is 31.7 Å². The highest BCUT2D eigenvalue weighted by Crippen LogP contribution is 2.34. The summed E-state index contributed by atoms with van der Waals surface area (Å²) in [5, 5.41) is 9.06. The normalized spacial score (nSPS) is 18.3. The summed E-state index contributed by atoms with van der Waals surface area (Å²) in [6.07, 6.45) is 2.40. The van der Waals surface area contributed by atoms with Gasteiger partial charge in [0, 0.05) is 18.7 Å². The Kier molecular flexibility index (Phi) is 7.92. The van der Waals surface area contributed by atoms with E-state index in [1.165, 1.54) is 20.5 Å². The number of anilines is 1. The van der Waals surface area contributed by atoms with Crippen molar-refractivity contribution >= 4 is 29.9 Å². The standard InChI is InChI=1S/C20H25N3O5.ClH/c1-12-6-7-21-11-15(12)23-19(24)13-9-17(26-2)18(27-3)10-14(13)22-20(25)16-5-4-8-28-16;/h4-5,8-10,12,15,21H,6-7,11H2,1-3H3,(H,22,25)(H,23,24);1H. The van der Waals surface area contributed by atoms with E-state index in [9.17, 15) is 9.59 Å². The average Bonchev–Trinajstić information content (AvgIpc) is 3.24. The summed E-state index contributed by atoms with van der Waals surface area (Å²) < 4.78 is 15.8. The first kappa shape index (κ1) is 22.6. The molecule has 0 radical (unpaired) electrons. The predicted octanol–water partition coefficient (Wildman–Crippen LogP) is 2.70. The van der Waals surface area contributed by atoms with E-state index in [1.54, 1.807) is 24.3 Å². The maximum absolute atomic E-state index is 13.0. The molecule has 0 spiro atoms. The number of nitrogens with one attached hydrogen (secondary N) is 3. The number of hydrogen-bond donors (Lipinski definition) is 3. The quantitative estimate of drug-likeness (QED) is 0.660. The van der Waals surface area contributed by atoms with Gasteiger partial charge in [-0.3, -0.25) is 9.59 Å². The Balaban J connectivity index is 0.00000300. The van der Waals surface area contributed by atoms with E-state index >= 15 is 0 Å². The van der Waals surface area contributed by atoms with Crippen LogP contribution in [0.3, 0.4) is 0 Å². The van der Waals surface area contributed by atoms with Crippen LogP contribution in [0.4, 0.5) is 5.69 Å². The fourth-order valence-electron chi connectivity index (χ4n) is 3.19. The van der Waals surface area contributed by atoms with Crippen molar-refractivity contribution in [2.45, 2.75) is 19.4 Å². The number of benzene rings is 1. The van der Waals surface area contributed by atoms with Crippen LogP contribution in [0.25, 0.3) is 0 Å². The fourth-order valence-corrected chi connectivity index (χ4v) is 3.19. The zero-order valence-electron chi connectivity index (χ0n) is 16.6. The van der Waals surface area contributed by atoms with Crippen molar-refractivity contribution in [3.8, 4) is 11.5 Å². The van der Waals surface area contributed by atoms with E-state index in [0.29, 0.717) is 29.6 Å². The van der Waals surface area contributed by atoms with Crippen molar-refractivity contribution in [1.82, 2.24) is 10.6 Å². The van der Waals surface area contributed by atoms with Gasteiger partial charge in [0.2, 0.25) is 0 Å². The summed E-state index contributed by atoms with van der Waals surface area (Å²) in [7, 11) is 2.98. The third-order valence-corrected chi connectivity index (χ3v) is 4.91. The lowest BCUT2D eigenvalue weighted by atomic mass is 9.94. The zero-order chi connectivity index (χ0) is 20.1. The first-order chi connectivity index (χ1) is 13.5. The Labute approximate surface area is 175 Å². The van der Waals surface area contributed by atoms with E-state index in [1.807, 2.05) is 0 Å². The summed E-state index contributed by atoms with van der Waals surface area (Å²) in [4.78, 5) is 25.4. The summed E-state index contributed by atoms with van der Waals surface area (Å²) in [6, 6.07) is 6.30. The van der Waals surface area contributed by atoms with Gasteiger partial charge in [-0.2, -0.15) is 0 Å². The van der Waals surface area contributed by atoms with Crippen LogP contribution in [0.1, 0.15) is 34.3 Å². The summed E-state index contributed by atoms with van der Waals surface area (Å²) >= 11 is 0. The molecule has 9 heteroatoms. The Morgan fingerprint density at radius 2 is 1.90 bits per heavy atom. The highest BCUT2D eigenvalue weighted by atomic mass is 35.5. The molecule has 29 heavy (non-hydrogen) atoms. The molecule has 2 heterocycles. The van der Waals surface area contributed by atoms with Gasteiger partial charge in [0.15, 0.2) is 17.3 Å². The highest BCUT2D eigenvalue weighted by Gasteiger charge is 2.26. The van der Waals surface area contributed by atoms with Gasteiger partial charge in [0.25, 0.3) is 11.8 Å². The number of carbonyl (C=O) groups excluding carboxylic acids is 2. The van der Waals surface area contributed by atoms with Gasteiger partial charge in [-0.1, -0.05) is 6.92 Å². The van der Waals surface area contributed by atoms with E-state index in [-0.39, 0.29) is 35.7 Å². The van der Waals surface area contributed by atoms with Gasteiger partial charge in [-0.25, -0.2) is 0 Å². The van der Waals surface area contributed by atoms with E-state index < -0.39 is 5.91 Å². The SMILES string of the molecule is COc1cc(NC(=O)c2ccco2)c(C(=O)NC2CNCCC2C)cc1OC.Cl. The second-order valence-electron chi connectivity index (χ2n) is 6.73. The molecule has 0 bridgehead atoms. The second-order valence-corrected chi connectivity index (χ2v) is 6.73. The summed E-state index contributed by atoms with van der Waals surface area (Å²) in [6.45, 7) is 3.75. The zero-order valence-corrected chi connectivity index (χ0v) is 17.4. The lowest BCUT2D eigenvalue weighted by Gasteiger charge is -2.30. The van der Waals surface area contributed by atoms with Gasteiger partial charge in [-0.15, -0.1) is 12.4 Å². The van der Waals surface area contributed by atoms with Crippen LogP contribution in [-0.2, 0) is 0 Å². The minimum Gasteiger partial charge on any atom is -0.493 e. The molecule has 8 nitrogen and oxygen atoms in total. The molecule has 158 valence electrons. The molecule has 1 aliphatic heterocycles. The van der Waals surface area contributed by atoms with Crippen LogP contribution in [0.15, 0.2) is 34.9 Å². The number of hydrogen-bond acceptors (Lipinski definition) is 6. The molecule has 1 fully saturated rings. The number of ether oxygens (including phenoxy) is 2. The fraction of sp³-hybridized carbons (Fsp3) is 0.400. The monoisotopic (exact) mass is 423 g/mol. The number of furan rings is 1. The van der Waals surface area contributed by atoms with Crippen LogP contribution in [-0.4, -0.2) is 45.2 Å². The molecule has 3 rings (SSSR count). The number of methoxy groups -OCH3 is 2. The molecule has 0 saturated carbocycles. The maximum atomic E-state index is 13.0. The summed E-state index contributed by atoms with van der Waals surface area (Å²) in [5.74, 6) is 0.549. The van der Waals surface area contributed by atoms with Crippen molar-refractivity contribution < 1.29 is 23.5 Å². The number of rotatable bonds is 6. The van der Waals surface area contributed by atoms with Crippen molar-refractivity contribution in [3.05, 3.63) is 41.9 Å². The molecule has 1 saturated heterocycles. The van der Waals surface area contributed by atoms with E-state index in [4.69, 9.17) is 13.9 Å². The highest BCUT2D eigenvalue weighted by molar-refractivity contribution is 6.08. The van der Waals surface area contributed by atoms with Crippen molar-refractivity contribution in [2.75, 3.05) is 32.6 Å². The third kappa shape index (κ3) is 5.21. The van der Waals surface area contributed by atoms with Crippen LogP contribution in [0.5, 0.6) is 11.5 Å². The van der Waals surface area contributed by atoms with E-state index in [0.717, 1.165) is 13.0 Å². The topological polar surface area (TPSA) is 102 Å². The third-order valence-electron chi connectivity index (χ3n) is 4.91. The molecule has 1 aromatic carbocycles. The molecule has 2 aromatic rings. The number of piperidine rings is 1. The van der Waals surface area contributed by atoms with Gasteiger partial charge in [0.1, 0.15) is 0 Å². The minimum absolute atomic E-state index is 0. The van der Waals surface area contributed by atoms with Crippen LogP contribution < -0.4 is 25.4 Å². The molecule has 2 atom stereocenters. The Morgan fingerprint density at radius 1 is 1.17 bits per heavy atom. The molecule has 1 aromatic heterocycles. The summed E-state index contributed by atoms with van der Waals surface area (Å²) in [5.41, 5.74) is 0.600. The lowest BCUT2D eigenvalue weighted by Crippen LogP contribution is -2.50. The first-order valence-electron chi connectivity index (χ1n) is 9.16. The van der Waals surface area contributed by atoms with E-state index in [2.05, 4.69) is 22.9 Å². The molecule has 1 aliphatic rings. The van der Waals surface area contributed by atoms with Crippen LogP contribution in [0, 0.1) is 5.92 Å². The van der Waals surface area contributed by atoms with Gasteiger partial charge < -0.3 is 29.8 Å². The van der Waals surface area contributed by atoms with Gasteiger partial charge in [-0.05, 0) is 37.1 Å². The number of amides is 2. The lowest BCUT2D eigenvalue weighted by molar-refractivity contribution is 0.0915. The molecule has 2 amide bonds. The molecular formula is C20H26ClN3O5. The van der Waals surface area contributed by atoms with Crippen molar-refractivity contribution in [2.24, 2.45) is 5.92 Å².